The van der Waals surface area contributed by atoms with Gasteiger partial charge in [-0.2, -0.15) is 0 Å². The van der Waals surface area contributed by atoms with Crippen LogP contribution in [0.4, 0.5) is 8.78 Å². The number of aliphatic hydroxyl groups is 1. The molecule has 0 amide bonds. The maximum atomic E-state index is 14.4. The molecule has 3 nitrogen and oxygen atoms in total. The third-order valence-electron chi connectivity index (χ3n) is 4.06. The van der Waals surface area contributed by atoms with Crippen LogP contribution in [0.3, 0.4) is 0 Å². The minimum absolute atomic E-state index is 0.119. The number of aromatic nitrogens is 1. The lowest BCUT2D eigenvalue weighted by molar-refractivity contribution is 0.293. The van der Waals surface area contributed by atoms with Crippen LogP contribution in [0.1, 0.15) is 16.8 Å². The number of aliphatic hydroxyl groups excluding tert-OH is 1. The van der Waals surface area contributed by atoms with Crippen molar-refractivity contribution in [2.75, 3.05) is 6.61 Å². The molecule has 1 heterocycles. The summed E-state index contributed by atoms with van der Waals surface area (Å²) in [6.45, 7) is 1.89. The summed E-state index contributed by atoms with van der Waals surface area (Å²) in [5, 5.41) is 8.93. The Morgan fingerprint density at radius 2 is 1.65 bits per heavy atom. The molecule has 1 N–H and O–H groups in total. The Hall–Kier alpha value is -2.79. The van der Waals surface area contributed by atoms with E-state index in [1.165, 1.54) is 12.1 Å². The van der Waals surface area contributed by atoms with Gasteiger partial charge in [-0.1, -0.05) is 30.3 Å². The summed E-state index contributed by atoms with van der Waals surface area (Å²) in [4.78, 5) is 4.31. The van der Waals surface area contributed by atoms with Gasteiger partial charge in [-0.3, -0.25) is 0 Å². The molecule has 0 unspecified atom stereocenters. The first kappa shape index (κ1) is 18.0. The largest absolute Gasteiger partial charge is 0.473 e. The fourth-order valence-corrected chi connectivity index (χ4v) is 2.77. The molecule has 0 atom stereocenters. The van der Waals surface area contributed by atoms with Gasteiger partial charge in [0.15, 0.2) is 0 Å². The zero-order valence-corrected chi connectivity index (χ0v) is 14.4. The van der Waals surface area contributed by atoms with E-state index in [2.05, 4.69) is 4.98 Å². The Kier molecular flexibility index (Phi) is 5.58. The fraction of sp³-hybridized carbons (Fsp3) is 0.190. The third-order valence-corrected chi connectivity index (χ3v) is 4.06. The first-order chi connectivity index (χ1) is 12.6. The van der Waals surface area contributed by atoms with E-state index < -0.39 is 11.6 Å². The lowest BCUT2D eigenvalue weighted by Gasteiger charge is -2.12. The van der Waals surface area contributed by atoms with Crippen molar-refractivity contribution in [3.8, 4) is 17.0 Å². The molecule has 0 bridgehead atoms. The maximum Gasteiger partial charge on any atom is 0.213 e. The molecule has 26 heavy (non-hydrogen) atoms. The van der Waals surface area contributed by atoms with Crippen LogP contribution in [-0.4, -0.2) is 16.7 Å². The molecule has 0 spiro atoms. The van der Waals surface area contributed by atoms with Gasteiger partial charge in [-0.15, -0.1) is 0 Å². The number of aryl methyl sites for hydroxylation is 1. The highest BCUT2D eigenvalue weighted by Gasteiger charge is 2.16. The van der Waals surface area contributed by atoms with Gasteiger partial charge in [-0.05, 0) is 42.7 Å². The zero-order valence-electron chi connectivity index (χ0n) is 14.4. The minimum Gasteiger partial charge on any atom is -0.473 e. The van der Waals surface area contributed by atoms with Gasteiger partial charge in [0.1, 0.15) is 18.2 Å². The van der Waals surface area contributed by atoms with E-state index in [1.807, 2.05) is 30.3 Å². The van der Waals surface area contributed by atoms with Gasteiger partial charge in [0.25, 0.3) is 0 Å². The number of nitrogens with zero attached hydrogens (tertiary/aromatic N) is 1. The van der Waals surface area contributed by atoms with E-state index in [1.54, 1.807) is 19.1 Å². The lowest BCUT2D eigenvalue weighted by atomic mass is 10.0. The molecule has 0 radical (unpaired) electrons. The van der Waals surface area contributed by atoms with Crippen molar-refractivity contribution >= 4 is 0 Å². The molecule has 0 aliphatic rings. The van der Waals surface area contributed by atoms with Crippen molar-refractivity contribution in [2.45, 2.75) is 20.0 Å². The van der Waals surface area contributed by atoms with E-state index in [-0.39, 0.29) is 18.6 Å². The number of rotatable bonds is 6. The van der Waals surface area contributed by atoms with E-state index >= 15 is 0 Å². The highest BCUT2D eigenvalue weighted by atomic mass is 19.1. The summed E-state index contributed by atoms with van der Waals surface area (Å²) in [5.74, 6) is -0.944. The van der Waals surface area contributed by atoms with Gasteiger partial charge in [0.2, 0.25) is 5.88 Å². The van der Waals surface area contributed by atoms with Crippen molar-refractivity contribution in [1.82, 2.24) is 4.98 Å². The highest BCUT2D eigenvalue weighted by molar-refractivity contribution is 5.68. The Bertz CT molecular complexity index is 875. The van der Waals surface area contributed by atoms with Crippen LogP contribution >= 0.6 is 0 Å². The van der Waals surface area contributed by atoms with Crippen molar-refractivity contribution in [1.29, 1.82) is 0 Å². The van der Waals surface area contributed by atoms with Crippen LogP contribution in [0.5, 0.6) is 5.88 Å². The standard InChI is InChI=1S/C21H19F2NO2/c1-14-17(21-18(22)11-16(9-10-25)12-19(21)23)7-8-20(24-14)26-13-15-5-3-2-4-6-15/h2-8,11-12,25H,9-10,13H2,1H3. The summed E-state index contributed by atoms with van der Waals surface area (Å²) >= 11 is 0. The Morgan fingerprint density at radius 1 is 0.962 bits per heavy atom. The average molecular weight is 355 g/mol. The Balaban J connectivity index is 1.84. The Morgan fingerprint density at radius 3 is 2.27 bits per heavy atom. The average Bonchev–Trinajstić information content (AvgIpc) is 2.62. The number of ether oxygens (including phenoxy) is 1. The summed E-state index contributed by atoms with van der Waals surface area (Å²) in [5.41, 5.74) is 2.16. The zero-order chi connectivity index (χ0) is 18.5. The maximum absolute atomic E-state index is 14.4. The van der Waals surface area contributed by atoms with Crippen molar-refractivity contribution in [3.63, 3.8) is 0 Å². The highest BCUT2D eigenvalue weighted by Crippen LogP contribution is 2.30. The molecule has 3 aromatic rings. The van der Waals surface area contributed by atoms with Crippen LogP contribution in [0.2, 0.25) is 0 Å². The summed E-state index contributed by atoms with van der Waals surface area (Å²) in [6, 6.07) is 15.4. The molecule has 0 saturated carbocycles. The number of halogens is 2. The SMILES string of the molecule is Cc1nc(OCc2ccccc2)ccc1-c1c(F)cc(CCO)cc1F. The molecule has 0 aliphatic heterocycles. The molecular weight excluding hydrogens is 336 g/mol. The normalized spacial score (nSPS) is 10.8. The molecule has 5 heteroatoms. The topological polar surface area (TPSA) is 42.4 Å². The van der Waals surface area contributed by atoms with Gasteiger partial charge < -0.3 is 9.84 Å². The van der Waals surface area contributed by atoms with Crippen LogP contribution in [0.15, 0.2) is 54.6 Å². The second kappa shape index (κ2) is 8.06. The number of hydrogen-bond donors (Lipinski definition) is 1. The van der Waals surface area contributed by atoms with Crippen LogP contribution in [-0.2, 0) is 13.0 Å². The fourth-order valence-electron chi connectivity index (χ4n) is 2.77. The quantitative estimate of drug-likeness (QED) is 0.710. The smallest absolute Gasteiger partial charge is 0.213 e. The molecule has 0 saturated heterocycles. The third kappa shape index (κ3) is 4.06. The van der Waals surface area contributed by atoms with Gasteiger partial charge in [-0.25, -0.2) is 13.8 Å². The van der Waals surface area contributed by atoms with Crippen molar-refractivity contribution in [3.05, 3.63) is 83.1 Å². The van der Waals surface area contributed by atoms with Crippen molar-refractivity contribution in [2.24, 2.45) is 0 Å². The van der Waals surface area contributed by atoms with Gasteiger partial charge in [0, 0.05) is 23.9 Å². The van der Waals surface area contributed by atoms with E-state index in [0.29, 0.717) is 29.3 Å². The molecule has 3 rings (SSSR count). The van der Waals surface area contributed by atoms with E-state index in [4.69, 9.17) is 9.84 Å². The van der Waals surface area contributed by atoms with Crippen LogP contribution in [0.25, 0.3) is 11.1 Å². The summed E-state index contributed by atoms with van der Waals surface area (Å²) < 4.78 is 34.4. The second-order valence-corrected chi connectivity index (χ2v) is 5.96. The number of benzene rings is 2. The minimum atomic E-state index is -0.670. The van der Waals surface area contributed by atoms with E-state index in [0.717, 1.165) is 5.56 Å². The monoisotopic (exact) mass is 355 g/mol. The first-order valence-corrected chi connectivity index (χ1v) is 8.32. The van der Waals surface area contributed by atoms with Gasteiger partial charge >= 0.3 is 0 Å². The summed E-state index contributed by atoms with van der Waals surface area (Å²) in [6.07, 6.45) is 0.206. The predicted octanol–water partition coefficient (Wildman–Crippen LogP) is 4.45. The van der Waals surface area contributed by atoms with Crippen LogP contribution in [0, 0.1) is 18.6 Å². The van der Waals surface area contributed by atoms with Crippen molar-refractivity contribution < 1.29 is 18.6 Å². The van der Waals surface area contributed by atoms with Gasteiger partial charge in [0.05, 0.1) is 5.56 Å². The molecule has 0 fully saturated rings. The molecule has 2 aromatic carbocycles. The predicted molar refractivity (Wildman–Crippen MR) is 95.9 cm³/mol. The lowest BCUT2D eigenvalue weighted by Crippen LogP contribution is -2.01. The number of pyridine rings is 1. The molecule has 1 aromatic heterocycles. The molecule has 0 aliphatic carbocycles. The second-order valence-electron chi connectivity index (χ2n) is 5.96. The summed E-state index contributed by atoms with van der Waals surface area (Å²) in [7, 11) is 0. The first-order valence-electron chi connectivity index (χ1n) is 8.32. The molecular formula is C21H19F2NO2. The van der Waals surface area contributed by atoms with Crippen LogP contribution < -0.4 is 4.74 Å². The molecule has 134 valence electrons. The number of hydrogen-bond acceptors (Lipinski definition) is 3. The Labute approximate surface area is 150 Å². The van der Waals surface area contributed by atoms with E-state index in [9.17, 15) is 8.78 Å².